The molecule has 0 unspecified atom stereocenters. The first kappa shape index (κ1) is 21.3. The van der Waals surface area contributed by atoms with Crippen molar-refractivity contribution < 1.29 is 14.3 Å². The van der Waals surface area contributed by atoms with Gasteiger partial charge < -0.3 is 9.47 Å². The van der Waals surface area contributed by atoms with E-state index in [-0.39, 0.29) is 17.8 Å². The molecule has 0 amide bonds. The number of carbonyl (C=O) groups excluding carboxylic acids is 1. The van der Waals surface area contributed by atoms with Crippen LogP contribution in [0, 0.1) is 5.92 Å². The highest BCUT2D eigenvalue weighted by atomic mass is 32.1. The van der Waals surface area contributed by atoms with Gasteiger partial charge in [0.15, 0.2) is 0 Å². The van der Waals surface area contributed by atoms with Gasteiger partial charge in [-0.15, -0.1) is 11.3 Å². The molecule has 0 aromatic carbocycles. The minimum absolute atomic E-state index is 0.0929. The van der Waals surface area contributed by atoms with Crippen molar-refractivity contribution in [3.63, 3.8) is 0 Å². The van der Waals surface area contributed by atoms with E-state index in [0.29, 0.717) is 12.0 Å². The topological polar surface area (TPSA) is 64.5 Å². The standard InChI is InChI=1S/C24H33N3O3S/c1-15(16(2)28)13-17-3-8-20-21(17)22-23(25-14-26-24(22)31-20)30-19-6-4-18(5-7-19)27-9-11-29-12-10-27/h14-15,17-19H,3-13H2,1-2H3/t15-,17-,18-,19-/m1/s1. The Bertz CT molecular complexity index is 932. The first-order valence-corrected chi connectivity index (χ1v) is 12.7. The summed E-state index contributed by atoms with van der Waals surface area (Å²) < 4.78 is 12.0. The predicted octanol–water partition coefficient (Wildman–Crippen LogP) is 4.36. The lowest BCUT2D eigenvalue weighted by Crippen LogP contribution is -2.46. The lowest BCUT2D eigenvalue weighted by atomic mass is 9.89. The maximum Gasteiger partial charge on any atom is 0.225 e. The molecule has 3 heterocycles. The minimum atomic E-state index is 0.0929. The molecule has 2 fully saturated rings. The summed E-state index contributed by atoms with van der Waals surface area (Å²) in [6.45, 7) is 7.60. The molecule has 0 N–H and O–H groups in total. The van der Waals surface area contributed by atoms with Gasteiger partial charge in [0, 0.05) is 29.9 Å². The van der Waals surface area contributed by atoms with Crippen molar-refractivity contribution in [2.45, 2.75) is 76.9 Å². The Balaban J connectivity index is 1.31. The molecule has 0 bridgehead atoms. The number of aromatic nitrogens is 2. The van der Waals surface area contributed by atoms with E-state index in [9.17, 15) is 4.79 Å². The number of ketones is 1. The van der Waals surface area contributed by atoms with Crippen molar-refractivity contribution in [2.24, 2.45) is 5.92 Å². The van der Waals surface area contributed by atoms with Crippen LogP contribution in [0.15, 0.2) is 6.33 Å². The Labute approximate surface area is 188 Å². The Kier molecular flexibility index (Phi) is 6.26. The van der Waals surface area contributed by atoms with E-state index in [0.717, 1.165) is 74.5 Å². The highest BCUT2D eigenvalue weighted by Gasteiger charge is 2.33. The molecule has 1 saturated carbocycles. The molecule has 1 saturated heterocycles. The zero-order valence-electron chi connectivity index (χ0n) is 18.6. The van der Waals surface area contributed by atoms with Gasteiger partial charge >= 0.3 is 0 Å². The van der Waals surface area contributed by atoms with Crippen molar-refractivity contribution in [1.29, 1.82) is 0 Å². The second-order valence-corrected chi connectivity index (χ2v) is 10.6. The summed E-state index contributed by atoms with van der Waals surface area (Å²) in [4.78, 5) is 26.1. The van der Waals surface area contributed by atoms with Crippen LogP contribution in [0.1, 0.15) is 68.7 Å². The number of morpholine rings is 1. The van der Waals surface area contributed by atoms with Crippen molar-refractivity contribution in [2.75, 3.05) is 26.3 Å². The fourth-order valence-corrected chi connectivity index (χ4v) is 6.82. The van der Waals surface area contributed by atoms with Gasteiger partial charge in [-0.2, -0.15) is 0 Å². The summed E-state index contributed by atoms with van der Waals surface area (Å²) in [5.41, 5.74) is 1.37. The third kappa shape index (κ3) is 4.37. The predicted molar refractivity (Wildman–Crippen MR) is 122 cm³/mol. The van der Waals surface area contributed by atoms with Gasteiger partial charge in [-0.1, -0.05) is 6.92 Å². The summed E-state index contributed by atoms with van der Waals surface area (Å²) in [6, 6.07) is 0.664. The van der Waals surface area contributed by atoms with E-state index in [1.165, 1.54) is 23.3 Å². The molecule has 0 radical (unpaired) electrons. The highest BCUT2D eigenvalue weighted by Crippen LogP contribution is 2.48. The van der Waals surface area contributed by atoms with Gasteiger partial charge in [0.05, 0.1) is 18.6 Å². The van der Waals surface area contributed by atoms with Crippen molar-refractivity contribution in [3.8, 4) is 5.88 Å². The number of fused-ring (bicyclic) bond motifs is 3. The van der Waals surface area contributed by atoms with E-state index in [4.69, 9.17) is 9.47 Å². The van der Waals surface area contributed by atoms with Gasteiger partial charge in [-0.05, 0) is 63.4 Å². The first-order valence-electron chi connectivity index (χ1n) is 11.8. The lowest BCUT2D eigenvalue weighted by Gasteiger charge is -2.38. The Hall–Kier alpha value is -1.57. The van der Waals surface area contributed by atoms with Crippen LogP contribution in [0.4, 0.5) is 0 Å². The zero-order chi connectivity index (χ0) is 21.4. The third-order valence-corrected chi connectivity index (χ3v) is 8.68. The lowest BCUT2D eigenvalue weighted by molar-refractivity contribution is -0.120. The fraction of sp³-hybridized carbons (Fsp3) is 0.708. The second kappa shape index (κ2) is 9.12. The maximum absolute atomic E-state index is 11.9. The number of carbonyl (C=O) groups is 1. The van der Waals surface area contributed by atoms with Crippen LogP contribution in [0.3, 0.4) is 0 Å². The van der Waals surface area contributed by atoms with Crippen molar-refractivity contribution >= 4 is 27.3 Å². The van der Waals surface area contributed by atoms with Crippen molar-refractivity contribution in [3.05, 3.63) is 16.8 Å². The van der Waals surface area contributed by atoms with E-state index < -0.39 is 0 Å². The number of Topliss-reactive ketones (excluding diaryl/α,β-unsaturated/α-hetero) is 1. The third-order valence-electron chi connectivity index (χ3n) is 7.51. The van der Waals surface area contributed by atoms with Gasteiger partial charge in [0.1, 0.15) is 23.0 Å². The highest BCUT2D eigenvalue weighted by molar-refractivity contribution is 7.19. The SMILES string of the molecule is CC(=O)[C@H](C)C[C@H]1CCc2sc3ncnc(O[C@H]4CC[C@H](N5CCOCC5)CC4)c3c21. The molecular weight excluding hydrogens is 410 g/mol. The summed E-state index contributed by atoms with van der Waals surface area (Å²) >= 11 is 1.79. The largest absolute Gasteiger partial charge is 0.474 e. The van der Waals surface area contributed by atoms with E-state index in [1.807, 2.05) is 0 Å². The van der Waals surface area contributed by atoms with Crippen molar-refractivity contribution in [1.82, 2.24) is 14.9 Å². The quantitative estimate of drug-likeness (QED) is 0.661. The van der Waals surface area contributed by atoms with Crippen LogP contribution in [0.25, 0.3) is 10.2 Å². The van der Waals surface area contributed by atoms with Crippen LogP contribution in [0.2, 0.25) is 0 Å². The average Bonchev–Trinajstić information content (AvgIpc) is 3.35. The molecule has 2 aliphatic carbocycles. The normalized spacial score (nSPS) is 27.9. The second-order valence-electron chi connectivity index (χ2n) is 9.48. The maximum atomic E-state index is 11.9. The molecule has 31 heavy (non-hydrogen) atoms. The number of thiophene rings is 1. The van der Waals surface area contributed by atoms with Crippen LogP contribution in [0.5, 0.6) is 5.88 Å². The van der Waals surface area contributed by atoms with Gasteiger partial charge in [0.2, 0.25) is 5.88 Å². The fourth-order valence-electron chi connectivity index (χ4n) is 5.59. The van der Waals surface area contributed by atoms with E-state index in [2.05, 4.69) is 21.8 Å². The van der Waals surface area contributed by atoms with Crippen LogP contribution >= 0.6 is 11.3 Å². The molecule has 3 aliphatic rings. The summed E-state index contributed by atoms with van der Waals surface area (Å²) in [7, 11) is 0. The van der Waals surface area contributed by atoms with Crippen LogP contribution in [-0.4, -0.2) is 59.1 Å². The molecule has 0 spiro atoms. The van der Waals surface area contributed by atoms with Crippen LogP contribution < -0.4 is 4.74 Å². The number of ether oxygens (including phenoxy) is 2. The Morgan fingerprint density at radius 1 is 1.23 bits per heavy atom. The summed E-state index contributed by atoms with van der Waals surface area (Å²) in [6.07, 6.45) is 9.49. The number of nitrogens with zero attached hydrogens (tertiary/aromatic N) is 3. The molecule has 5 rings (SSSR count). The van der Waals surface area contributed by atoms with Gasteiger partial charge in [0.25, 0.3) is 0 Å². The molecule has 2 aromatic rings. The van der Waals surface area contributed by atoms with Gasteiger partial charge in [-0.25, -0.2) is 9.97 Å². The molecule has 6 nitrogen and oxygen atoms in total. The molecule has 168 valence electrons. The monoisotopic (exact) mass is 443 g/mol. The molecule has 7 heteroatoms. The number of rotatable bonds is 6. The number of hydrogen-bond acceptors (Lipinski definition) is 7. The number of hydrogen-bond donors (Lipinski definition) is 0. The first-order chi connectivity index (χ1) is 15.1. The average molecular weight is 444 g/mol. The Morgan fingerprint density at radius 3 is 2.74 bits per heavy atom. The van der Waals surface area contributed by atoms with E-state index in [1.54, 1.807) is 24.6 Å². The van der Waals surface area contributed by atoms with E-state index >= 15 is 0 Å². The summed E-state index contributed by atoms with van der Waals surface area (Å²) in [5.74, 6) is 1.54. The smallest absolute Gasteiger partial charge is 0.225 e. The zero-order valence-corrected chi connectivity index (χ0v) is 19.5. The Morgan fingerprint density at radius 2 is 2.00 bits per heavy atom. The van der Waals surface area contributed by atoms with Crippen LogP contribution in [-0.2, 0) is 16.0 Å². The molecule has 2 aromatic heterocycles. The number of aryl methyl sites for hydroxylation is 1. The summed E-state index contributed by atoms with van der Waals surface area (Å²) in [5, 5.41) is 1.12. The molecular formula is C24H33N3O3S. The molecule has 1 aliphatic heterocycles. The van der Waals surface area contributed by atoms with Gasteiger partial charge in [-0.3, -0.25) is 9.69 Å². The minimum Gasteiger partial charge on any atom is -0.474 e. The molecule has 2 atom stereocenters.